The van der Waals surface area contributed by atoms with Crippen LogP contribution in [0.5, 0.6) is 0 Å². The summed E-state index contributed by atoms with van der Waals surface area (Å²) in [6.07, 6.45) is 1.51. The summed E-state index contributed by atoms with van der Waals surface area (Å²) in [7, 11) is 0. The molecule has 2 aromatic carbocycles. The third-order valence-corrected chi connectivity index (χ3v) is 5.05. The highest BCUT2D eigenvalue weighted by atomic mass is 16.5. The van der Waals surface area contributed by atoms with Crippen LogP contribution in [0.1, 0.15) is 30.1 Å². The van der Waals surface area contributed by atoms with Crippen molar-refractivity contribution in [1.29, 1.82) is 0 Å². The highest BCUT2D eigenvalue weighted by Gasteiger charge is 2.29. The number of carbonyl (C=O) groups excluding carboxylic acids is 3. The number of amides is 2. The van der Waals surface area contributed by atoms with Crippen molar-refractivity contribution in [1.82, 2.24) is 10.2 Å². The van der Waals surface area contributed by atoms with Gasteiger partial charge in [0.15, 0.2) is 5.78 Å². The van der Waals surface area contributed by atoms with Crippen LogP contribution in [0.25, 0.3) is 11.1 Å². The monoisotopic (exact) mass is 394 g/mol. The molecule has 152 valence electrons. The largest absolute Gasteiger partial charge is 0.465 e. The van der Waals surface area contributed by atoms with Gasteiger partial charge < -0.3 is 15.0 Å². The van der Waals surface area contributed by atoms with Crippen LogP contribution in [0.3, 0.4) is 0 Å². The molecule has 1 N–H and O–H groups in total. The molecule has 0 spiro atoms. The Morgan fingerprint density at radius 1 is 1.03 bits per heavy atom. The van der Waals surface area contributed by atoms with Gasteiger partial charge in [-0.15, -0.1) is 0 Å². The molecular weight excluding hydrogens is 368 g/mol. The average molecular weight is 394 g/mol. The van der Waals surface area contributed by atoms with E-state index in [9.17, 15) is 14.4 Å². The molecule has 0 radical (unpaired) electrons. The summed E-state index contributed by atoms with van der Waals surface area (Å²) in [4.78, 5) is 38.3. The molecule has 1 fully saturated rings. The van der Waals surface area contributed by atoms with E-state index in [1.807, 2.05) is 54.6 Å². The Bertz CT molecular complexity index is 849. The Morgan fingerprint density at radius 2 is 1.72 bits per heavy atom. The third kappa shape index (κ3) is 5.44. The predicted octanol–water partition coefficient (Wildman–Crippen LogP) is 3.52. The molecule has 1 aliphatic heterocycles. The van der Waals surface area contributed by atoms with Gasteiger partial charge in [0, 0.05) is 24.6 Å². The summed E-state index contributed by atoms with van der Waals surface area (Å²) < 4.78 is 4.81. The average Bonchev–Trinajstić information content (AvgIpc) is 2.78. The predicted molar refractivity (Wildman–Crippen MR) is 111 cm³/mol. The van der Waals surface area contributed by atoms with Crippen molar-refractivity contribution >= 4 is 17.8 Å². The van der Waals surface area contributed by atoms with Crippen LogP contribution in [0.4, 0.5) is 4.79 Å². The van der Waals surface area contributed by atoms with E-state index in [1.165, 1.54) is 0 Å². The van der Waals surface area contributed by atoms with Crippen molar-refractivity contribution in [2.75, 3.05) is 26.2 Å². The topological polar surface area (TPSA) is 75.7 Å². The van der Waals surface area contributed by atoms with Crippen molar-refractivity contribution in [2.24, 2.45) is 5.92 Å². The maximum Gasteiger partial charge on any atom is 0.325 e. The third-order valence-electron chi connectivity index (χ3n) is 5.05. The molecule has 0 unspecified atom stereocenters. The molecule has 0 aromatic heterocycles. The maximum absolute atomic E-state index is 12.9. The summed E-state index contributed by atoms with van der Waals surface area (Å²) in [5.74, 6) is -0.656. The van der Waals surface area contributed by atoms with Crippen LogP contribution < -0.4 is 5.32 Å². The number of nitrogens with zero attached hydrogens (tertiary/aromatic N) is 1. The second-order valence-electron chi connectivity index (χ2n) is 7.06. The van der Waals surface area contributed by atoms with Gasteiger partial charge in [-0.2, -0.15) is 0 Å². The molecule has 2 aromatic rings. The van der Waals surface area contributed by atoms with Gasteiger partial charge in [-0.1, -0.05) is 54.6 Å². The lowest BCUT2D eigenvalue weighted by Crippen LogP contribution is -2.48. The molecule has 6 heteroatoms. The van der Waals surface area contributed by atoms with Crippen LogP contribution in [-0.4, -0.2) is 48.9 Å². The first-order valence-corrected chi connectivity index (χ1v) is 9.96. The van der Waals surface area contributed by atoms with Gasteiger partial charge in [-0.25, -0.2) is 4.79 Å². The first-order valence-electron chi connectivity index (χ1n) is 9.96. The normalized spacial score (nSPS) is 16.2. The highest BCUT2D eigenvalue weighted by molar-refractivity contribution is 5.98. The van der Waals surface area contributed by atoms with Crippen LogP contribution in [0.15, 0.2) is 54.6 Å². The van der Waals surface area contributed by atoms with E-state index < -0.39 is 5.97 Å². The van der Waals surface area contributed by atoms with Gasteiger partial charge in [0.2, 0.25) is 0 Å². The van der Waals surface area contributed by atoms with Gasteiger partial charge in [-0.3, -0.25) is 9.59 Å². The van der Waals surface area contributed by atoms with E-state index >= 15 is 0 Å². The van der Waals surface area contributed by atoms with Crippen molar-refractivity contribution in [3.63, 3.8) is 0 Å². The summed E-state index contributed by atoms with van der Waals surface area (Å²) in [5, 5.41) is 2.56. The van der Waals surface area contributed by atoms with E-state index in [2.05, 4.69) is 5.32 Å². The van der Waals surface area contributed by atoms with Gasteiger partial charge in [-0.05, 0) is 30.9 Å². The highest BCUT2D eigenvalue weighted by Crippen LogP contribution is 2.24. The zero-order valence-corrected chi connectivity index (χ0v) is 16.6. The number of urea groups is 1. The lowest BCUT2D eigenvalue weighted by molar-refractivity contribution is -0.141. The summed E-state index contributed by atoms with van der Waals surface area (Å²) in [5.41, 5.74) is 2.82. The minimum atomic E-state index is -0.469. The fourth-order valence-electron chi connectivity index (χ4n) is 3.54. The van der Waals surface area contributed by atoms with E-state index in [0.29, 0.717) is 18.7 Å². The van der Waals surface area contributed by atoms with Crippen molar-refractivity contribution in [2.45, 2.75) is 19.8 Å². The lowest BCUT2D eigenvalue weighted by atomic mass is 9.89. The van der Waals surface area contributed by atoms with Crippen molar-refractivity contribution in [3.05, 3.63) is 60.2 Å². The molecule has 0 saturated carbocycles. The summed E-state index contributed by atoms with van der Waals surface area (Å²) in [6, 6.07) is 17.3. The second-order valence-corrected chi connectivity index (χ2v) is 7.06. The fourth-order valence-corrected chi connectivity index (χ4v) is 3.54. The Labute approximate surface area is 170 Å². The van der Waals surface area contributed by atoms with Crippen molar-refractivity contribution < 1.29 is 19.1 Å². The number of ether oxygens (including phenoxy) is 1. The van der Waals surface area contributed by atoms with Crippen LogP contribution in [0.2, 0.25) is 0 Å². The number of nitrogens with one attached hydrogen (secondary N) is 1. The molecule has 3 rings (SSSR count). The van der Waals surface area contributed by atoms with Gasteiger partial charge in [0.1, 0.15) is 6.54 Å². The number of carbonyl (C=O) groups is 3. The summed E-state index contributed by atoms with van der Waals surface area (Å²) >= 11 is 0. The number of likely N-dealkylation sites (tertiary alicyclic amines) is 1. The lowest BCUT2D eigenvalue weighted by Gasteiger charge is -2.32. The Balaban J connectivity index is 1.59. The minimum Gasteiger partial charge on any atom is -0.465 e. The van der Waals surface area contributed by atoms with E-state index in [1.54, 1.807) is 11.8 Å². The standard InChI is InChI=1S/C23H26N2O4/c1-2-29-21(26)15-24-23(28)25-14-6-9-20(16-25)22(27)19-12-10-18(11-13-19)17-7-4-3-5-8-17/h3-5,7-8,10-13,20H,2,6,9,14-16H2,1H3,(H,24,28)/t20-/m0/s1. The number of hydrogen-bond donors (Lipinski definition) is 1. The molecule has 1 heterocycles. The van der Waals surface area contributed by atoms with E-state index in [0.717, 1.165) is 24.0 Å². The second kappa shape index (κ2) is 9.87. The number of Topliss-reactive ketones (excluding diaryl/α,β-unsaturated/α-hetero) is 1. The van der Waals surface area contributed by atoms with Gasteiger partial charge >= 0.3 is 12.0 Å². The molecule has 29 heavy (non-hydrogen) atoms. The van der Waals surface area contributed by atoms with E-state index in [4.69, 9.17) is 4.74 Å². The number of ketones is 1. The Kier molecular flexibility index (Phi) is 7.00. The Morgan fingerprint density at radius 3 is 2.41 bits per heavy atom. The molecule has 0 bridgehead atoms. The Hall–Kier alpha value is -3.15. The molecule has 1 aliphatic rings. The quantitative estimate of drug-likeness (QED) is 0.601. The SMILES string of the molecule is CCOC(=O)CNC(=O)N1CCC[C@H](C(=O)c2ccc(-c3ccccc3)cc2)C1. The summed E-state index contributed by atoms with van der Waals surface area (Å²) in [6.45, 7) is 2.76. The van der Waals surface area contributed by atoms with Gasteiger partial charge in [0.05, 0.1) is 6.61 Å². The number of hydrogen-bond acceptors (Lipinski definition) is 4. The number of piperidine rings is 1. The van der Waals surface area contributed by atoms with Gasteiger partial charge in [0.25, 0.3) is 0 Å². The van der Waals surface area contributed by atoms with Crippen molar-refractivity contribution in [3.8, 4) is 11.1 Å². The smallest absolute Gasteiger partial charge is 0.325 e. The first-order chi connectivity index (χ1) is 14.1. The van der Waals surface area contributed by atoms with E-state index in [-0.39, 0.29) is 30.9 Å². The molecular formula is C23H26N2O4. The zero-order valence-electron chi connectivity index (χ0n) is 16.6. The fraction of sp³-hybridized carbons (Fsp3) is 0.348. The molecule has 2 amide bonds. The van der Waals surface area contributed by atoms with Crippen LogP contribution >= 0.6 is 0 Å². The van der Waals surface area contributed by atoms with Crippen LogP contribution in [-0.2, 0) is 9.53 Å². The molecule has 6 nitrogen and oxygen atoms in total. The zero-order chi connectivity index (χ0) is 20.6. The first kappa shape index (κ1) is 20.6. The molecule has 1 saturated heterocycles. The molecule has 1 atom stereocenters. The minimum absolute atomic E-state index is 0.0486. The molecule has 0 aliphatic carbocycles. The maximum atomic E-state index is 12.9. The number of benzene rings is 2. The number of esters is 1. The van der Waals surface area contributed by atoms with Crippen LogP contribution in [0, 0.1) is 5.92 Å². The number of rotatable bonds is 6.